The number of amides is 1. The molecule has 7 heteroatoms. The zero-order valence-corrected chi connectivity index (χ0v) is 15.5. The van der Waals surface area contributed by atoms with Crippen LogP contribution < -0.4 is 5.32 Å². The number of para-hydroxylation sites is 2. The van der Waals surface area contributed by atoms with Gasteiger partial charge in [0.05, 0.1) is 17.6 Å². The fourth-order valence-corrected chi connectivity index (χ4v) is 2.89. The van der Waals surface area contributed by atoms with Gasteiger partial charge in [-0.15, -0.1) is 5.10 Å². The van der Waals surface area contributed by atoms with Crippen molar-refractivity contribution in [2.45, 2.75) is 6.54 Å². The van der Waals surface area contributed by atoms with E-state index in [0.717, 1.165) is 16.6 Å². The second kappa shape index (κ2) is 8.35. The predicted octanol–water partition coefficient (Wildman–Crippen LogP) is 3.28. The van der Waals surface area contributed by atoms with Crippen LogP contribution in [0.2, 0.25) is 0 Å². The highest BCUT2D eigenvalue weighted by atomic mass is 16.5. The minimum atomic E-state index is -0.550. The van der Waals surface area contributed by atoms with E-state index in [-0.39, 0.29) is 12.5 Å². The van der Waals surface area contributed by atoms with E-state index in [1.807, 2.05) is 54.6 Å². The Morgan fingerprint density at radius 1 is 0.897 bits per heavy atom. The molecule has 1 amide bonds. The first-order chi connectivity index (χ1) is 14.2. The number of aromatic nitrogens is 3. The van der Waals surface area contributed by atoms with Gasteiger partial charge in [0, 0.05) is 5.69 Å². The molecule has 0 aliphatic rings. The van der Waals surface area contributed by atoms with Crippen LogP contribution in [-0.4, -0.2) is 33.5 Å². The molecular weight excluding hydrogens is 368 g/mol. The van der Waals surface area contributed by atoms with Crippen LogP contribution in [0.25, 0.3) is 11.0 Å². The minimum absolute atomic E-state index is 0.347. The maximum absolute atomic E-state index is 12.2. The van der Waals surface area contributed by atoms with Crippen molar-refractivity contribution in [2.24, 2.45) is 0 Å². The summed E-state index contributed by atoms with van der Waals surface area (Å²) in [5.41, 5.74) is 3.78. The summed E-state index contributed by atoms with van der Waals surface area (Å²) in [5.74, 6) is -0.940. The fourth-order valence-electron chi connectivity index (χ4n) is 2.89. The highest BCUT2D eigenvalue weighted by Crippen LogP contribution is 2.13. The molecule has 0 bridgehead atoms. The Hall–Kier alpha value is -4.00. The average molecular weight is 386 g/mol. The Bertz CT molecular complexity index is 1140. The van der Waals surface area contributed by atoms with Crippen LogP contribution in [0.3, 0.4) is 0 Å². The van der Waals surface area contributed by atoms with Crippen molar-refractivity contribution in [3.63, 3.8) is 0 Å². The van der Waals surface area contributed by atoms with Gasteiger partial charge in [-0.3, -0.25) is 4.79 Å². The third-order valence-electron chi connectivity index (χ3n) is 4.33. The molecule has 4 aromatic rings. The number of benzene rings is 3. The molecule has 0 fully saturated rings. The molecule has 144 valence electrons. The van der Waals surface area contributed by atoms with Crippen molar-refractivity contribution in [3.05, 3.63) is 90.0 Å². The van der Waals surface area contributed by atoms with Gasteiger partial charge in [0.25, 0.3) is 5.91 Å². The van der Waals surface area contributed by atoms with Gasteiger partial charge >= 0.3 is 5.97 Å². The third kappa shape index (κ3) is 4.47. The van der Waals surface area contributed by atoms with Crippen LogP contribution in [0.1, 0.15) is 15.9 Å². The van der Waals surface area contributed by atoms with Crippen molar-refractivity contribution in [1.29, 1.82) is 0 Å². The molecule has 0 atom stereocenters. The van der Waals surface area contributed by atoms with Crippen molar-refractivity contribution >= 4 is 28.6 Å². The number of carbonyl (C=O) groups is 2. The maximum atomic E-state index is 12.2. The maximum Gasteiger partial charge on any atom is 0.338 e. The summed E-state index contributed by atoms with van der Waals surface area (Å²) in [7, 11) is 0. The number of fused-ring (bicyclic) bond motifs is 1. The summed E-state index contributed by atoms with van der Waals surface area (Å²) < 4.78 is 6.89. The van der Waals surface area contributed by atoms with Crippen LogP contribution in [-0.2, 0) is 16.1 Å². The molecule has 0 saturated heterocycles. The molecule has 29 heavy (non-hydrogen) atoms. The molecule has 3 aromatic carbocycles. The largest absolute Gasteiger partial charge is 0.452 e. The molecule has 0 unspecified atom stereocenters. The molecule has 1 N–H and O–H groups in total. The van der Waals surface area contributed by atoms with E-state index >= 15 is 0 Å². The third-order valence-corrected chi connectivity index (χ3v) is 4.33. The van der Waals surface area contributed by atoms with Gasteiger partial charge in [0.1, 0.15) is 5.52 Å². The summed E-state index contributed by atoms with van der Waals surface area (Å²) in [6.07, 6.45) is 0. The van der Waals surface area contributed by atoms with Crippen LogP contribution in [0.15, 0.2) is 78.9 Å². The standard InChI is InChI=1S/C22H18N4O3/c27-21(23-18-6-2-1-3-7-18)15-29-22(28)17-12-10-16(11-13-17)14-26-20-9-5-4-8-19(20)24-25-26/h1-13H,14-15H2,(H,23,27). The van der Waals surface area contributed by atoms with Gasteiger partial charge in [0.15, 0.2) is 6.61 Å². The molecule has 0 spiro atoms. The van der Waals surface area contributed by atoms with E-state index in [9.17, 15) is 9.59 Å². The van der Waals surface area contributed by atoms with E-state index in [2.05, 4.69) is 15.6 Å². The molecule has 1 aromatic heterocycles. The molecule has 4 rings (SSSR count). The number of hydrogen-bond donors (Lipinski definition) is 1. The van der Waals surface area contributed by atoms with Crippen LogP contribution in [0.5, 0.6) is 0 Å². The minimum Gasteiger partial charge on any atom is -0.452 e. The molecule has 0 aliphatic heterocycles. The van der Waals surface area contributed by atoms with E-state index in [1.54, 1.807) is 28.9 Å². The van der Waals surface area contributed by atoms with Gasteiger partial charge in [0.2, 0.25) is 0 Å². The Morgan fingerprint density at radius 2 is 1.62 bits per heavy atom. The van der Waals surface area contributed by atoms with Crippen LogP contribution in [0.4, 0.5) is 5.69 Å². The monoisotopic (exact) mass is 386 g/mol. The lowest BCUT2D eigenvalue weighted by Crippen LogP contribution is -2.20. The van der Waals surface area contributed by atoms with Crippen LogP contribution in [0, 0.1) is 0 Å². The zero-order valence-electron chi connectivity index (χ0n) is 15.5. The van der Waals surface area contributed by atoms with Gasteiger partial charge < -0.3 is 10.1 Å². The van der Waals surface area contributed by atoms with Gasteiger partial charge in [-0.2, -0.15) is 0 Å². The van der Waals surface area contributed by atoms with Crippen molar-refractivity contribution < 1.29 is 14.3 Å². The summed E-state index contributed by atoms with van der Waals surface area (Å²) in [5, 5.41) is 11.0. The molecule has 0 saturated carbocycles. The summed E-state index contributed by atoms with van der Waals surface area (Å²) >= 11 is 0. The van der Waals surface area contributed by atoms with Crippen molar-refractivity contribution in [2.75, 3.05) is 11.9 Å². The highest BCUT2D eigenvalue weighted by molar-refractivity contribution is 5.95. The number of esters is 1. The van der Waals surface area contributed by atoms with Gasteiger partial charge in [-0.1, -0.05) is 47.7 Å². The van der Waals surface area contributed by atoms with Crippen molar-refractivity contribution in [1.82, 2.24) is 15.0 Å². The first-order valence-electron chi connectivity index (χ1n) is 9.08. The second-order valence-electron chi connectivity index (χ2n) is 6.42. The molecular formula is C22H18N4O3. The number of hydrogen-bond acceptors (Lipinski definition) is 5. The van der Waals surface area contributed by atoms with E-state index in [4.69, 9.17) is 4.74 Å². The lowest BCUT2D eigenvalue weighted by molar-refractivity contribution is -0.119. The second-order valence-corrected chi connectivity index (χ2v) is 6.42. The fraction of sp³-hybridized carbons (Fsp3) is 0.0909. The number of anilines is 1. The van der Waals surface area contributed by atoms with Gasteiger partial charge in [-0.25, -0.2) is 9.48 Å². The average Bonchev–Trinajstić information content (AvgIpc) is 3.16. The SMILES string of the molecule is O=C(COC(=O)c1ccc(Cn2nnc3ccccc32)cc1)Nc1ccccc1. The number of ether oxygens (including phenoxy) is 1. The molecule has 0 radical (unpaired) electrons. The molecule has 7 nitrogen and oxygen atoms in total. The highest BCUT2D eigenvalue weighted by Gasteiger charge is 2.11. The normalized spacial score (nSPS) is 10.6. The first kappa shape index (κ1) is 18.4. The number of carbonyl (C=O) groups excluding carboxylic acids is 2. The predicted molar refractivity (Wildman–Crippen MR) is 108 cm³/mol. The van der Waals surface area contributed by atoms with Crippen molar-refractivity contribution in [3.8, 4) is 0 Å². The Labute approximate surface area is 166 Å². The van der Waals surface area contributed by atoms with E-state index in [1.165, 1.54) is 0 Å². The molecule has 1 heterocycles. The zero-order chi connectivity index (χ0) is 20.1. The number of rotatable bonds is 6. The quantitative estimate of drug-likeness (QED) is 0.514. The van der Waals surface area contributed by atoms with E-state index in [0.29, 0.717) is 17.8 Å². The lowest BCUT2D eigenvalue weighted by Gasteiger charge is -2.07. The lowest BCUT2D eigenvalue weighted by atomic mass is 10.1. The van der Waals surface area contributed by atoms with Gasteiger partial charge in [-0.05, 0) is 42.0 Å². The Morgan fingerprint density at radius 3 is 2.41 bits per heavy atom. The molecule has 0 aliphatic carbocycles. The Balaban J connectivity index is 1.33. The number of nitrogens with one attached hydrogen (secondary N) is 1. The summed E-state index contributed by atoms with van der Waals surface area (Å²) in [4.78, 5) is 24.1. The smallest absolute Gasteiger partial charge is 0.338 e. The summed E-state index contributed by atoms with van der Waals surface area (Å²) in [6.45, 7) is 0.190. The topological polar surface area (TPSA) is 86.1 Å². The number of nitrogens with zero attached hydrogens (tertiary/aromatic N) is 3. The first-order valence-corrected chi connectivity index (χ1v) is 9.08. The summed E-state index contributed by atoms with van der Waals surface area (Å²) in [6, 6.07) is 23.7. The Kier molecular flexibility index (Phi) is 5.29. The van der Waals surface area contributed by atoms with E-state index < -0.39 is 5.97 Å². The van der Waals surface area contributed by atoms with Crippen LogP contribution >= 0.6 is 0 Å².